The van der Waals surface area contributed by atoms with Crippen molar-refractivity contribution < 1.29 is 4.74 Å². The Labute approximate surface area is 118 Å². The van der Waals surface area contributed by atoms with Crippen LogP contribution in [0.3, 0.4) is 0 Å². The van der Waals surface area contributed by atoms with Crippen LogP contribution in [0.4, 0.5) is 0 Å². The van der Waals surface area contributed by atoms with Gasteiger partial charge < -0.3 is 14.6 Å². The number of rotatable bonds is 5. The highest BCUT2D eigenvalue weighted by molar-refractivity contribution is 5.23. The number of ether oxygens (including phenoxy) is 1. The van der Waals surface area contributed by atoms with Crippen molar-refractivity contribution in [3.8, 4) is 0 Å². The molecule has 3 heterocycles. The molecule has 6 heteroatoms. The van der Waals surface area contributed by atoms with E-state index < -0.39 is 0 Å². The normalized spacial score (nSPS) is 17.9. The Balaban J connectivity index is 1.83. The Morgan fingerprint density at radius 3 is 3.20 bits per heavy atom. The molecule has 0 aliphatic carbocycles. The van der Waals surface area contributed by atoms with Crippen molar-refractivity contribution in [3.63, 3.8) is 0 Å². The standard InChI is InChI=1S/C14H19N5O/c1-2-8-20-10-12-17-18-14-13(16-6-7-19(12)14)11-4-3-5-15-9-11/h3-5,9,13,16H,2,6-8,10H2,1H3. The average molecular weight is 273 g/mol. The minimum absolute atomic E-state index is 0.0601. The molecule has 0 saturated heterocycles. The summed E-state index contributed by atoms with van der Waals surface area (Å²) in [6, 6.07) is 4.06. The zero-order valence-electron chi connectivity index (χ0n) is 11.6. The monoisotopic (exact) mass is 273 g/mol. The number of hydrogen-bond donors (Lipinski definition) is 1. The number of fused-ring (bicyclic) bond motifs is 1. The van der Waals surface area contributed by atoms with Crippen molar-refractivity contribution in [1.29, 1.82) is 0 Å². The molecule has 20 heavy (non-hydrogen) atoms. The highest BCUT2D eigenvalue weighted by Gasteiger charge is 2.26. The van der Waals surface area contributed by atoms with Gasteiger partial charge >= 0.3 is 0 Å². The summed E-state index contributed by atoms with van der Waals surface area (Å²) in [5.74, 6) is 1.85. The average Bonchev–Trinajstić information content (AvgIpc) is 2.92. The molecule has 1 atom stereocenters. The van der Waals surface area contributed by atoms with Crippen LogP contribution in [0.1, 0.15) is 36.6 Å². The van der Waals surface area contributed by atoms with Crippen LogP contribution in [-0.4, -0.2) is 32.9 Å². The van der Waals surface area contributed by atoms with E-state index in [0.29, 0.717) is 6.61 Å². The van der Waals surface area contributed by atoms with E-state index in [0.717, 1.165) is 43.3 Å². The van der Waals surface area contributed by atoms with Crippen LogP contribution in [0, 0.1) is 0 Å². The van der Waals surface area contributed by atoms with Crippen LogP contribution in [0.15, 0.2) is 24.5 Å². The first-order valence-electron chi connectivity index (χ1n) is 7.03. The lowest BCUT2D eigenvalue weighted by Crippen LogP contribution is -2.35. The summed E-state index contributed by atoms with van der Waals surface area (Å²) in [7, 11) is 0. The second-order valence-corrected chi connectivity index (χ2v) is 4.85. The summed E-state index contributed by atoms with van der Waals surface area (Å²) in [5.41, 5.74) is 1.11. The molecular formula is C14H19N5O. The van der Waals surface area contributed by atoms with Crippen molar-refractivity contribution in [2.45, 2.75) is 32.5 Å². The third-order valence-corrected chi connectivity index (χ3v) is 3.40. The fourth-order valence-corrected chi connectivity index (χ4v) is 2.45. The quantitative estimate of drug-likeness (QED) is 0.832. The lowest BCUT2D eigenvalue weighted by Gasteiger charge is -2.25. The summed E-state index contributed by atoms with van der Waals surface area (Å²) in [6.07, 6.45) is 4.66. The minimum Gasteiger partial charge on any atom is -0.373 e. The molecule has 0 amide bonds. The van der Waals surface area contributed by atoms with Gasteiger partial charge in [-0.3, -0.25) is 4.98 Å². The van der Waals surface area contributed by atoms with Gasteiger partial charge in [0.25, 0.3) is 0 Å². The van der Waals surface area contributed by atoms with E-state index in [4.69, 9.17) is 4.74 Å². The molecular weight excluding hydrogens is 254 g/mol. The molecule has 0 radical (unpaired) electrons. The molecule has 0 spiro atoms. The van der Waals surface area contributed by atoms with Gasteiger partial charge in [0, 0.05) is 32.1 Å². The number of hydrogen-bond acceptors (Lipinski definition) is 5. The summed E-state index contributed by atoms with van der Waals surface area (Å²) < 4.78 is 7.73. The molecule has 0 fully saturated rings. The molecule has 1 aliphatic rings. The smallest absolute Gasteiger partial charge is 0.159 e. The molecule has 1 unspecified atom stereocenters. The number of pyridine rings is 1. The highest BCUT2D eigenvalue weighted by Crippen LogP contribution is 2.23. The van der Waals surface area contributed by atoms with Gasteiger partial charge in [0.1, 0.15) is 6.61 Å². The molecule has 2 aromatic rings. The molecule has 106 valence electrons. The van der Waals surface area contributed by atoms with E-state index in [1.165, 1.54) is 0 Å². The minimum atomic E-state index is 0.0601. The largest absolute Gasteiger partial charge is 0.373 e. The predicted octanol–water partition coefficient (Wildman–Crippen LogP) is 1.29. The zero-order valence-corrected chi connectivity index (χ0v) is 11.6. The van der Waals surface area contributed by atoms with E-state index >= 15 is 0 Å². The maximum absolute atomic E-state index is 5.58. The van der Waals surface area contributed by atoms with Crippen molar-refractivity contribution in [2.24, 2.45) is 0 Å². The Morgan fingerprint density at radius 2 is 2.40 bits per heavy atom. The second kappa shape index (κ2) is 6.11. The van der Waals surface area contributed by atoms with E-state index in [2.05, 4.69) is 38.1 Å². The van der Waals surface area contributed by atoms with Gasteiger partial charge in [-0.1, -0.05) is 13.0 Å². The fraction of sp³-hybridized carbons (Fsp3) is 0.500. The summed E-state index contributed by atoms with van der Waals surface area (Å²) >= 11 is 0. The van der Waals surface area contributed by atoms with Gasteiger partial charge in [-0.2, -0.15) is 0 Å². The molecule has 2 aromatic heterocycles. The maximum atomic E-state index is 5.58. The lowest BCUT2D eigenvalue weighted by molar-refractivity contribution is 0.112. The van der Waals surface area contributed by atoms with Gasteiger partial charge in [-0.05, 0) is 18.1 Å². The van der Waals surface area contributed by atoms with Crippen LogP contribution >= 0.6 is 0 Å². The second-order valence-electron chi connectivity index (χ2n) is 4.85. The Kier molecular flexibility index (Phi) is 4.03. The molecule has 1 N–H and O–H groups in total. The number of nitrogens with one attached hydrogen (secondary N) is 1. The van der Waals surface area contributed by atoms with Gasteiger partial charge in [-0.25, -0.2) is 0 Å². The lowest BCUT2D eigenvalue weighted by atomic mass is 10.1. The number of aromatic nitrogens is 4. The first-order valence-corrected chi connectivity index (χ1v) is 7.03. The highest BCUT2D eigenvalue weighted by atomic mass is 16.5. The Bertz CT molecular complexity index is 554. The molecule has 0 aromatic carbocycles. The number of nitrogens with zero attached hydrogens (tertiary/aromatic N) is 4. The first-order chi connectivity index (χ1) is 9.90. The van der Waals surface area contributed by atoms with E-state index in [-0.39, 0.29) is 6.04 Å². The zero-order chi connectivity index (χ0) is 13.8. The van der Waals surface area contributed by atoms with Crippen molar-refractivity contribution >= 4 is 0 Å². The third kappa shape index (κ3) is 2.57. The Morgan fingerprint density at radius 1 is 1.45 bits per heavy atom. The van der Waals surface area contributed by atoms with Crippen LogP contribution < -0.4 is 5.32 Å². The van der Waals surface area contributed by atoms with Gasteiger partial charge in [0.2, 0.25) is 0 Å². The molecule has 1 aliphatic heterocycles. The van der Waals surface area contributed by atoms with Gasteiger partial charge in [0.15, 0.2) is 11.6 Å². The van der Waals surface area contributed by atoms with Gasteiger partial charge in [-0.15, -0.1) is 10.2 Å². The molecule has 0 bridgehead atoms. The fourth-order valence-electron chi connectivity index (χ4n) is 2.45. The third-order valence-electron chi connectivity index (χ3n) is 3.40. The van der Waals surface area contributed by atoms with Crippen molar-refractivity contribution in [2.75, 3.05) is 13.2 Å². The van der Waals surface area contributed by atoms with Crippen LogP contribution in [0.25, 0.3) is 0 Å². The van der Waals surface area contributed by atoms with Crippen LogP contribution in [-0.2, 0) is 17.9 Å². The van der Waals surface area contributed by atoms with Gasteiger partial charge in [0.05, 0.1) is 6.04 Å². The van der Waals surface area contributed by atoms with Crippen LogP contribution in [0.2, 0.25) is 0 Å². The van der Waals surface area contributed by atoms with E-state index in [1.807, 2.05) is 12.3 Å². The molecule has 3 rings (SSSR count). The first kappa shape index (κ1) is 13.2. The van der Waals surface area contributed by atoms with E-state index in [1.54, 1.807) is 6.20 Å². The summed E-state index contributed by atoms with van der Waals surface area (Å²) in [6.45, 7) is 5.16. The topological polar surface area (TPSA) is 64.9 Å². The SMILES string of the molecule is CCCOCc1nnc2n1CCNC2c1cccnc1. The van der Waals surface area contributed by atoms with Crippen molar-refractivity contribution in [3.05, 3.63) is 41.7 Å². The van der Waals surface area contributed by atoms with Crippen LogP contribution in [0.5, 0.6) is 0 Å². The predicted molar refractivity (Wildman–Crippen MR) is 74.1 cm³/mol. The molecule has 6 nitrogen and oxygen atoms in total. The summed E-state index contributed by atoms with van der Waals surface area (Å²) in [5, 5.41) is 12.1. The maximum Gasteiger partial charge on any atom is 0.159 e. The van der Waals surface area contributed by atoms with E-state index in [9.17, 15) is 0 Å². The van der Waals surface area contributed by atoms with Crippen molar-refractivity contribution in [1.82, 2.24) is 25.1 Å². The summed E-state index contributed by atoms with van der Waals surface area (Å²) in [4.78, 5) is 4.18. The Hall–Kier alpha value is -1.79. The molecule has 0 saturated carbocycles.